The van der Waals surface area contributed by atoms with Gasteiger partial charge in [-0.1, -0.05) is 35.9 Å². The highest BCUT2D eigenvalue weighted by atomic mass is 35.5. The Kier molecular flexibility index (Phi) is 5.29. The number of anilines is 1. The van der Waals surface area contributed by atoms with E-state index in [1.54, 1.807) is 48.5 Å². The molecule has 1 atom stereocenters. The Bertz CT molecular complexity index is 1230. The maximum Gasteiger partial charge on any atom is 0.300 e. The molecule has 3 aromatic rings. The van der Waals surface area contributed by atoms with Crippen LogP contribution in [0.1, 0.15) is 28.3 Å². The number of hydrogen-bond acceptors (Lipinski definition) is 4. The highest BCUT2D eigenvalue weighted by Gasteiger charge is 2.47. The van der Waals surface area contributed by atoms with E-state index in [-0.39, 0.29) is 17.1 Å². The van der Waals surface area contributed by atoms with Crippen molar-refractivity contribution in [3.8, 4) is 5.75 Å². The molecule has 6 heteroatoms. The Labute approximate surface area is 184 Å². The lowest BCUT2D eigenvalue weighted by Gasteiger charge is -2.25. The second kappa shape index (κ2) is 7.93. The lowest BCUT2D eigenvalue weighted by atomic mass is 9.94. The van der Waals surface area contributed by atoms with Crippen LogP contribution in [-0.2, 0) is 9.59 Å². The van der Waals surface area contributed by atoms with Gasteiger partial charge < -0.3 is 10.2 Å². The average molecular weight is 434 g/mol. The topological polar surface area (TPSA) is 77.8 Å². The van der Waals surface area contributed by atoms with E-state index in [9.17, 15) is 19.8 Å². The maximum absolute atomic E-state index is 13.1. The number of benzene rings is 3. The van der Waals surface area contributed by atoms with E-state index in [0.717, 1.165) is 11.1 Å². The number of aryl methyl sites for hydroxylation is 2. The molecule has 1 amide bonds. The maximum atomic E-state index is 13.1. The number of ketones is 1. The van der Waals surface area contributed by atoms with E-state index in [2.05, 4.69) is 0 Å². The van der Waals surface area contributed by atoms with Gasteiger partial charge in [0, 0.05) is 16.3 Å². The quantitative estimate of drug-likeness (QED) is 0.334. The normalized spacial score (nSPS) is 17.9. The molecule has 1 heterocycles. The number of nitrogens with zero attached hydrogens (tertiary/aromatic N) is 1. The molecule has 1 unspecified atom stereocenters. The summed E-state index contributed by atoms with van der Waals surface area (Å²) < 4.78 is 0. The van der Waals surface area contributed by atoms with Crippen molar-refractivity contribution in [2.75, 3.05) is 4.90 Å². The van der Waals surface area contributed by atoms with Gasteiger partial charge in [-0.25, -0.2) is 0 Å². The molecule has 2 N–H and O–H groups in total. The number of hydrogen-bond donors (Lipinski definition) is 2. The summed E-state index contributed by atoms with van der Waals surface area (Å²) in [6.07, 6.45) is 0. The van der Waals surface area contributed by atoms with E-state index in [4.69, 9.17) is 11.6 Å². The second-order valence-electron chi connectivity index (χ2n) is 7.54. The second-order valence-corrected chi connectivity index (χ2v) is 7.98. The van der Waals surface area contributed by atoms with Crippen LogP contribution in [0.25, 0.3) is 5.76 Å². The summed E-state index contributed by atoms with van der Waals surface area (Å²) in [6, 6.07) is 17.3. The monoisotopic (exact) mass is 433 g/mol. The summed E-state index contributed by atoms with van der Waals surface area (Å²) in [5.41, 5.74) is 3.36. The molecule has 4 rings (SSSR count). The van der Waals surface area contributed by atoms with Gasteiger partial charge in [0.2, 0.25) is 0 Å². The van der Waals surface area contributed by atoms with Crippen molar-refractivity contribution in [1.82, 2.24) is 0 Å². The molecular weight excluding hydrogens is 414 g/mol. The minimum atomic E-state index is -0.908. The van der Waals surface area contributed by atoms with Crippen molar-refractivity contribution in [2.45, 2.75) is 19.9 Å². The zero-order valence-electron chi connectivity index (χ0n) is 17.0. The van der Waals surface area contributed by atoms with Crippen LogP contribution in [0, 0.1) is 13.8 Å². The van der Waals surface area contributed by atoms with Gasteiger partial charge in [0.25, 0.3) is 11.7 Å². The van der Waals surface area contributed by atoms with Crippen molar-refractivity contribution in [3.63, 3.8) is 0 Å². The third-order valence-corrected chi connectivity index (χ3v) is 5.77. The first-order valence-corrected chi connectivity index (χ1v) is 10.1. The Hall–Kier alpha value is -3.57. The number of phenols is 1. The van der Waals surface area contributed by atoms with Crippen molar-refractivity contribution in [3.05, 3.63) is 99.6 Å². The Morgan fingerprint density at radius 1 is 0.935 bits per heavy atom. The first kappa shape index (κ1) is 20.7. The standard InChI is InChI=1S/C25H20ClNO4/c1-14-6-7-17(12-15(14)2)23(29)21-22(16-4-3-5-20(28)13-16)27(25(31)24(21)30)19-10-8-18(26)9-11-19/h3-13,22,28-29H,1-2H3/b23-21-. The molecule has 3 aromatic carbocycles. The number of aliphatic hydroxyl groups excluding tert-OH is 1. The zero-order valence-corrected chi connectivity index (χ0v) is 17.7. The highest BCUT2D eigenvalue weighted by molar-refractivity contribution is 6.51. The third-order valence-electron chi connectivity index (χ3n) is 5.52. The van der Waals surface area contributed by atoms with E-state index in [0.29, 0.717) is 21.8 Å². The number of aromatic hydroxyl groups is 1. The number of phenolic OH excluding ortho intramolecular Hbond substituents is 1. The van der Waals surface area contributed by atoms with E-state index >= 15 is 0 Å². The summed E-state index contributed by atoms with van der Waals surface area (Å²) in [5.74, 6) is -1.82. The van der Waals surface area contributed by atoms with Crippen LogP contribution < -0.4 is 4.90 Å². The summed E-state index contributed by atoms with van der Waals surface area (Å²) >= 11 is 5.99. The molecule has 1 saturated heterocycles. The number of carbonyl (C=O) groups is 2. The molecule has 156 valence electrons. The molecule has 1 aliphatic rings. The van der Waals surface area contributed by atoms with Crippen LogP contribution in [0.2, 0.25) is 5.02 Å². The van der Waals surface area contributed by atoms with E-state index in [1.807, 2.05) is 19.9 Å². The third kappa shape index (κ3) is 3.68. The number of amides is 1. The van der Waals surface area contributed by atoms with Crippen LogP contribution in [0.5, 0.6) is 5.75 Å². The van der Waals surface area contributed by atoms with E-state index in [1.165, 1.54) is 17.0 Å². The van der Waals surface area contributed by atoms with Crippen molar-refractivity contribution >= 4 is 34.7 Å². The van der Waals surface area contributed by atoms with Gasteiger partial charge in [0.15, 0.2) is 0 Å². The van der Waals surface area contributed by atoms with Crippen LogP contribution >= 0.6 is 11.6 Å². The Morgan fingerprint density at radius 2 is 1.65 bits per heavy atom. The fourth-order valence-corrected chi connectivity index (χ4v) is 3.88. The molecule has 0 aromatic heterocycles. The molecular formula is C25H20ClNO4. The minimum Gasteiger partial charge on any atom is -0.508 e. The fourth-order valence-electron chi connectivity index (χ4n) is 3.76. The SMILES string of the molecule is Cc1ccc(/C(O)=C2/C(=O)C(=O)N(c3ccc(Cl)cc3)C2c2cccc(O)c2)cc1C. The zero-order chi connectivity index (χ0) is 22.3. The highest BCUT2D eigenvalue weighted by Crippen LogP contribution is 2.43. The predicted molar refractivity (Wildman–Crippen MR) is 120 cm³/mol. The average Bonchev–Trinajstić information content (AvgIpc) is 3.01. The number of carbonyl (C=O) groups excluding carboxylic acids is 2. The molecule has 0 bridgehead atoms. The van der Waals surface area contributed by atoms with Crippen LogP contribution in [0.15, 0.2) is 72.3 Å². The van der Waals surface area contributed by atoms with Crippen LogP contribution in [0.3, 0.4) is 0 Å². The van der Waals surface area contributed by atoms with Gasteiger partial charge >= 0.3 is 0 Å². The number of Topliss-reactive ketones (excluding diaryl/α,β-unsaturated/α-hetero) is 1. The molecule has 31 heavy (non-hydrogen) atoms. The van der Waals surface area contributed by atoms with E-state index < -0.39 is 17.7 Å². The largest absolute Gasteiger partial charge is 0.508 e. The molecule has 0 spiro atoms. The van der Waals surface area contributed by atoms with Crippen molar-refractivity contribution in [2.24, 2.45) is 0 Å². The molecule has 5 nitrogen and oxygen atoms in total. The Balaban J connectivity index is 1.96. The summed E-state index contributed by atoms with van der Waals surface area (Å²) in [4.78, 5) is 27.5. The summed E-state index contributed by atoms with van der Waals surface area (Å²) in [6.45, 7) is 3.86. The molecule has 0 saturated carbocycles. The first-order chi connectivity index (χ1) is 14.8. The minimum absolute atomic E-state index is 0.00891. The smallest absolute Gasteiger partial charge is 0.300 e. The molecule has 1 aliphatic heterocycles. The number of rotatable bonds is 3. The van der Waals surface area contributed by atoms with Gasteiger partial charge in [-0.3, -0.25) is 14.5 Å². The van der Waals surface area contributed by atoms with Crippen molar-refractivity contribution < 1.29 is 19.8 Å². The lowest BCUT2D eigenvalue weighted by molar-refractivity contribution is -0.132. The van der Waals surface area contributed by atoms with Gasteiger partial charge in [0.05, 0.1) is 11.6 Å². The van der Waals surface area contributed by atoms with Gasteiger partial charge in [0.1, 0.15) is 11.5 Å². The van der Waals surface area contributed by atoms with Gasteiger partial charge in [-0.2, -0.15) is 0 Å². The Morgan fingerprint density at radius 3 is 2.29 bits per heavy atom. The predicted octanol–water partition coefficient (Wildman–Crippen LogP) is 5.29. The number of aliphatic hydroxyl groups is 1. The first-order valence-electron chi connectivity index (χ1n) is 9.71. The lowest BCUT2D eigenvalue weighted by Crippen LogP contribution is -2.29. The molecule has 0 aliphatic carbocycles. The number of halogens is 1. The summed E-state index contributed by atoms with van der Waals surface area (Å²) in [7, 11) is 0. The fraction of sp³-hybridized carbons (Fsp3) is 0.120. The van der Waals surface area contributed by atoms with Gasteiger partial charge in [-0.15, -0.1) is 0 Å². The molecule has 0 radical (unpaired) electrons. The van der Waals surface area contributed by atoms with Gasteiger partial charge in [-0.05, 0) is 73.0 Å². The van der Waals surface area contributed by atoms with Crippen molar-refractivity contribution in [1.29, 1.82) is 0 Å². The van der Waals surface area contributed by atoms with Crippen LogP contribution in [0.4, 0.5) is 5.69 Å². The summed E-state index contributed by atoms with van der Waals surface area (Å²) in [5, 5.41) is 21.6. The van der Waals surface area contributed by atoms with Crippen LogP contribution in [-0.4, -0.2) is 21.9 Å². The molecule has 1 fully saturated rings.